The van der Waals surface area contributed by atoms with Crippen LogP contribution in [0.25, 0.3) is 0 Å². The van der Waals surface area contributed by atoms with Gasteiger partial charge in [0.2, 0.25) is 5.91 Å². The van der Waals surface area contributed by atoms with Crippen LogP contribution < -0.4 is 5.32 Å². The van der Waals surface area contributed by atoms with Crippen molar-refractivity contribution in [2.45, 2.75) is 58.6 Å². The Labute approximate surface area is 111 Å². The summed E-state index contributed by atoms with van der Waals surface area (Å²) in [4.78, 5) is 14.0. The molecule has 1 heterocycles. The molecule has 0 aliphatic carbocycles. The van der Waals surface area contributed by atoms with Gasteiger partial charge in [-0.3, -0.25) is 9.69 Å². The van der Waals surface area contributed by atoms with E-state index in [1.165, 1.54) is 0 Å². The largest absolute Gasteiger partial charge is 0.393 e. The van der Waals surface area contributed by atoms with Crippen LogP contribution in [0, 0.1) is 5.92 Å². The molecule has 0 aromatic carbocycles. The molecule has 0 aromatic rings. The first-order chi connectivity index (χ1) is 8.56. The first-order valence-corrected chi connectivity index (χ1v) is 7.26. The highest BCUT2D eigenvalue weighted by Crippen LogP contribution is 2.19. The summed E-state index contributed by atoms with van der Waals surface area (Å²) in [5.41, 5.74) is 0. The third kappa shape index (κ3) is 4.94. The number of aliphatic hydroxyl groups is 1. The lowest BCUT2D eigenvalue weighted by Crippen LogP contribution is -2.48. The van der Waals surface area contributed by atoms with Crippen molar-refractivity contribution >= 4 is 5.91 Å². The number of aliphatic hydroxyl groups excluding tert-OH is 1. The predicted octanol–water partition coefficient (Wildman–Crippen LogP) is 1.38. The van der Waals surface area contributed by atoms with Gasteiger partial charge in [0.15, 0.2) is 0 Å². The maximum Gasteiger partial charge on any atom is 0.234 e. The van der Waals surface area contributed by atoms with Crippen LogP contribution in [0.1, 0.15) is 46.5 Å². The van der Waals surface area contributed by atoms with Crippen LogP contribution in [0.2, 0.25) is 0 Å². The van der Waals surface area contributed by atoms with E-state index in [1.54, 1.807) is 0 Å². The van der Waals surface area contributed by atoms with E-state index in [4.69, 9.17) is 0 Å². The van der Waals surface area contributed by atoms with Gasteiger partial charge < -0.3 is 10.4 Å². The smallest absolute Gasteiger partial charge is 0.234 e. The molecule has 0 spiro atoms. The minimum atomic E-state index is -0.187. The highest BCUT2D eigenvalue weighted by molar-refractivity contribution is 5.78. The van der Waals surface area contributed by atoms with E-state index >= 15 is 0 Å². The summed E-state index contributed by atoms with van der Waals surface area (Å²) < 4.78 is 0. The molecule has 1 saturated heterocycles. The predicted molar refractivity (Wildman–Crippen MR) is 73.4 cm³/mol. The minimum Gasteiger partial charge on any atom is -0.393 e. The number of carbonyl (C=O) groups excluding carboxylic acids is 1. The van der Waals surface area contributed by atoms with Crippen molar-refractivity contribution < 1.29 is 9.90 Å². The summed E-state index contributed by atoms with van der Waals surface area (Å²) in [7, 11) is 0. The standard InChI is InChI=1S/C14H28N2O2/c1-4-6-11(3)15-14(18)10-16-8-7-13(17)12(5-2)9-16/h11-13,17H,4-10H2,1-3H3,(H,15,18). The second kappa shape index (κ2) is 7.74. The summed E-state index contributed by atoms with van der Waals surface area (Å²) in [6.07, 6.45) is 3.70. The fraction of sp³-hybridized carbons (Fsp3) is 0.929. The molecule has 1 amide bonds. The van der Waals surface area contributed by atoms with Gasteiger partial charge >= 0.3 is 0 Å². The summed E-state index contributed by atoms with van der Waals surface area (Å²) in [6.45, 7) is 8.41. The molecule has 0 aromatic heterocycles. The Kier molecular flexibility index (Phi) is 6.65. The number of amides is 1. The number of hydrogen-bond donors (Lipinski definition) is 2. The second-order valence-electron chi connectivity index (χ2n) is 5.52. The zero-order valence-electron chi connectivity index (χ0n) is 12.0. The molecule has 1 fully saturated rings. The Morgan fingerprint density at radius 2 is 2.22 bits per heavy atom. The van der Waals surface area contributed by atoms with E-state index in [2.05, 4.69) is 31.0 Å². The molecule has 4 heteroatoms. The maximum atomic E-state index is 11.9. The van der Waals surface area contributed by atoms with Gasteiger partial charge in [-0.25, -0.2) is 0 Å². The molecule has 1 rings (SSSR count). The van der Waals surface area contributed by atoms with E-state index < -0.39 is 0 Å². The number of hydrogen-bond acceptors (Lipinski definition) is 3. The fourth-order valence-electron chi connectivity index (χ4n) is 2.67. The molecule has 18 heavy (non-hydrogen) atoms. The van der Waals surface area contributed by atoms with Crippen molar-refractivity contribution in [1.29, 1.82) is 0 Å². The number of likely N-dealkylation sites (tertiary alicyclic amines) is 1. The number of nitrogens with zero attached hydrogens (tertiary/aromatic N) is 1. The van der Waals surface area contributed by atoms with E-state index in [9.17, 15) is 9.90 Å². The summed E-state index contributed by atoms with van der Waals surface area (Å²) in [5.74, 6) is 0.432. The van der Waals surface area contributed by atoms with Crippen LogP contribution in [0.5, 0.6) is 0 Å². The Morgan fingerprint density at radius 3 is 2.83 bits per heavy atom. The Balaban J connectivity index is 2.31. The maximum absolute atomic E-state index is 11.9. The van der Waals surface area contributed by atoms with Gasteiger partial charge in [0.25, 0.3) is 0 Å². The van der Waals surface area contributed by atoms with Crippen LogP contribution in [0.3, 0.4) is 0 Å². The van der Waals surface area contributed by atoms with Gasteiger partial charge in [-0.2, -0.15) is 0 Å². The van der Waals surface area contributed by atoms with Crippen molar-refractivity contribution in [2.75, 3.05) is 19.6 Å². The van der Waals surface area contributed by atoms with E-state index in [1.807, 2.05) is 0 Å². The molecule has 106 valence electrons. The van der Waals surface area contributed by atoms with Gasteiger partial charge in [-0.05, 0) is 32.1 Å². The van der Waals surface area contributed by atoms with Crippen LogP contribution in [0.4, 0.5) is 0 Å². The summed E-state index contributed by atoms with van der Waals surface area (Å²) in [5, 5.41) is 12.8. The fourth-order valence-corrected chi connectivity index (χ4v) is 2.67. The first kappa shape index (κ1) is 15.4. The molecule has 3 unspecified atom stereocenters. The highest BCUT2D eigenvalue weighted by Gasteiger charge is 2.27. The van der Waals surface area contributed by atoms with Crippen molar-refractivity contribution in [2.24, 2.45) is 5.92 Å². The number of piperidine rings is 1. The molecule has 0 radical (unpaired) electrons. The van der Waals surface area contributed by atoms with Crippen molar-refractivity contribution in [3.63, 3.8) is 0 Å². The molecule has 0 bridgehead atoms. The Bertz CT molecular complexity index is 258. The quantitative estimate of drug-likeness (QED) is 0.755. The molecule has 1 aliphatic heterocycles. The Morgan fingerprint density at radius 1 is 1.50 bits per heavy atom. The molecular formula is C14H28N2O2. The van der Waals surface area contributed by atoms with E-state index in [0.29, 0.717) is 12.5 Å². The van der Waals surface area contributed by atoms with E-state index in [-0.39, 0.29) is 18.1 Å². The van der Waals surface area contributed by atoms with Crippen molar-refractivity contribution in [1.82, 2.24) is 10.2 Å². The van der Waals surface area contributed by atoms with Gasteiger partial charge in [0, 0.05) is 19.1 Å². The molecule has 2 N–H and O–H groups in total. The van der Waals surface area contributed by atoms with Crippen LogP contribution in [-0.2, 0) is 4.79 Å². The first-order valence-electron chi connectivity index (χ1n) is 7.26. The normalized spacial score (nSPS) is 26.9. The Hall–Kier alpha value is -0.610. The lowest BCUT2D eigenvalue weighted by atomic mass is 9.92. The highest BCUT2D eigenvalue weighted by atomic mass is 16.3. The van der Waals surface area contributed by atoms with Crippen molar-refractivity contribution in [3.8, 4) is 0 Å². The average Bonchev–Trinajstić information content (AvgIpc) is 2.31. The van der Waals surface area contributed by atoms with Gasteiger partial charge in [0.05, 0.1) is 12.6 Å². The zero-order chi connectivity index (χ0) is 13.5. The van der Waals surface area contributed by atoms with Gasteiger partial charge in [0.1, 0.15) is 0 Å². The van der Waals surface area contributed by atoms with Crippen LogP contribution >= 0.6 is 0 Å². The lowest BCUT2D eigenvalue weighted by molar-refractivity contribution is -0.123. The topological polar surface area (TPSA) is 52.6 Å². The molecule has 0 saturated carbocycles. The van der Waals surface area contributed by atoms with Gasteiger partial charge in [-0.15, -0.1) is 0 Å². The monoisotopic (exact) mass is 256 g/mol. The van der Waals surface area contributed by atoms with Crippen LogP contribution in [-0.4, -0.2) is 47.7 Å². The number of carbonyl (C=O) groups is 1. The third-order valence-electron chi connectivity index (χ3n) is 3.80. The zero-order valence-corrected chi connectivity index (χ0v) is 12.0. The lowest BCUT2D eigenvalue weighted by Gasteiger charge is -2.35. The van der Waals surface area contributed by atoms with Crippen molar-refractivity contribution in [3.05, 3.63) is 0 Å². The minimum absolute atomic E-state index is 0.113. The van der Waals surface area contributed by atoms with Gasteiger partial charge in [-0.1, -0.05) is 20.3 Å². The molecule has 1 aliphatic rings. The third-order valence-corrected chi connectivity index (χ3v) is 3.80. The molecular weight excluding hydrogens is 228 g/mol. The number of nitrogens with one attached hydrogen (secondary N) is 1. The summed E-state index contributed by atoms with van der Waals surface area (Å²) in [6, 6.07) is 0.264. The average molecular weight is 256 g/mol. The van der Waals surface area contributed by atoms with Crippen LogP contribution in [0.15, 0.2) is 0 Å². The van der Waals surface area contributed by atoms with E-state index in [0.717, 1.165) is 38.8 Å². The SMILES string of the molecule is CCCC(C)NC(=O)CN1CCC(O)C(CC)C1. The molecule has 4 nitrogen and oxygen atoms in total. The second-order valence-corrected chi connectivity index (χ2v) is 5.52. The number of rotatable bonds is 6. The molecule has 3 atom stereocenters. The summed E-state index contributed by atoms with van der Waals surface area (Å²) >= 11 is 0.